The highest BCUT2D eigenvalue weighted by Gasteiger charge is 2.33. The Bertz CT molecular complexity index is 563. The molecule has 5 nitrogen and oxygen atoms in total. The highest BCUT2D eigenvalue weighted by atomic mass is 19.1. The highest BCUT2D eigenvalue weighted by Crippen LogP contribution is 2.29. The second-order valence-corrected chi connectivity index (χ2v) is 6.23. The minimum Gasteiger partial charge on any atom is -0.488 e. The number of halogens is 2. The summed E-state index contributed by atoms with van der Waals surface area (Å²) in [4.78, 5) is 1.89. The molecule has 3 rings (SSSR count). The third kappa shape index (κ3) is 3.91. The van der Waals surface area contributed by atoms with Gasteiger partial charge in [0.1, 0.15) is 18.5 Å². The minimum absolute atomic E-state index is 0.0354. The van der Waals surface area contributed by atoms with E-state index in [1.165, 1.54) is 6.07 Å². The third-order valence-electron chi connectivity index (χ3n) is 3.95. The molecule has 0 amide bonds. The van der Waals surface area contributed by atoms with Gasteiger partial charge in [0.2, 0.25) is 0 Å². The van der Waals surface area contributed by atoms with Crippen molar-refractivity contribution in [2.75, 3.05) is 44.3 Å². The summed E-state index contributed by atoms with van der Waals surface area (Å²) in [6.45, 7) is 7.07. The molecule has 0 aromatic heterocycles. The molecule has 2 heterocycles. The zero-order valence-corrected chi connectivity index (χ0v) is 13.4. The van der Waals surface area contributed by atoms with E-state index in [1.807, 2.05) is 18.7 Å². The monoisotopic (exact) mass is 328 g/mol. The van der Waals surface area contributed by atoms with Crippen molar-refractivity contribution in [3.8, 4) is 5.75 Å². The average molecular weight is 328 g/mol. The predicted octanol–water partition coefficient (Wildman–Crippen LogP) is 1.90. The van der Waals surface area contributed by atoms with Crippen LogP contribution in [0.25, 0.3) is 0 Å². The van der Waals surface area contributed by atoms with Crippen LogP contribution in [0.5, 0.6) is 5.75 Å². The molecular formula is C16H22F2N2O3. The van der Waals surface area contributed by atoms with Crippen LogP contribution in [0.4, 0.5) is 14.5 Å². The number of anilines is 1. The number of hydrogen-bond acceptors (Lipinski definition) is 5. The van der Waals surface area contributed by atoms with Gasteiger partial charge in [-0.25, -0.2) is 8.78 Å². The maximum absolute atomic E-state index is 14.1. The second-order valence-electron chi connectivity index (χ2n) is 6.23. The van der Waals surface area contributed by atoms with Gasteiger partial charge >= 0.3 is 0 Å². The molecule has 7 heteroatoms. The van der Waals surface area contributed by atoms with E-state index in [4.69, 9.17) is 14.2 Å². The Hall–Kier alpha value is -1.44. The predicted molar refractivity (Wildman–Crippen MR) is 81.8 cm³/mol. The van der Waals surface area contributed by atoms with Gasteiger partial charge < -0.3 is 24.4 Å². The SMILES string of the molecule is CC1(C)OC[C@H](COc2cc(N3CCNCC3)c(F)cc2F)O1. The number of piperazine rings is 1. The Morgan fingerprint density at radius 3 is 2.65 bits per heavy atom. The molecule has 2 saturated heterocycles. The normalized spacial score (nSPS) is 24.0. The van der Waals surface area contributed by atoms with E-state index in [0.29, 0.717) is 25.4 Å². The fraction of sp³-hybridized carbons (Fsp3) is 0.625. The Balaban J connectivity index is 1.69. The maximum Gasteiger partial charge on any atom is 0.168 e. The molecule has 2 aliphatic rings. The van der Waals surface area contributed by atoms with Crippen molar-refractivity contribution in [2.45, 2.75) is 25.7 Å². The van der Waals surface area contributed by atoms with E-state index < -0.39 is 17.4 Å². The van der Waals surface area contributed by atoms with Crippen LogP contribution in [0.3, 0.4) is 0 Å². The standard InChI is InChI=1S/C16H22F2N2O3/c1-16(2)22-10-11(23-16)9-21-15-8-14(12(17)7-13(15)18)20-5-3-19-4-6-20/h7-8,11,19H,3-6,9-10H2,1-2H3/t11-/m0/s1. The number of nitrogens with one attached hydrogen (secondary N) is 1. The van der Waals surface area contributed by atoms with Crippen LogP contribution in [-0.2, 0) is 9.47 Å². The van der Waals surface area contributed by atoms with Crippen molar-refractivity contribution in [3.05, 3.63) is 23.8 Å². The van der Waals surface area contributed by atoms with Crippen molar-refractivity contribution in [2.24, 2.45) is 0 Å². The van der Waals surface area contributed by atoms with Crippen LogP contribution in [0, 0.1) is 11.6 Å². The minimum atomic E-state index is -0.709. The molecule has 1 aromatic carbocycles. The van der Waals surface area contributed by atoms with Crippen molar-refractivity contribution in [1.82, 2.24) is 5.32 Å². The Kier molecular flexibility index (Phi) is 4.70. The molecule has 2 aliphatic heterocycles. The van der Waals surface area contributed by atoms with Gasteiger partial charge in [0.25, 0.3) is 0 Å². The van der Waals surface area contributed by atoms with E-state index in [9.17, 15) is 8.78 Å². The van der Waals surface area contributed by atoms with Crippen LogP contribution in [0.15, 0.2) is 12.1 Å². The molecule has 0 spiro atoms. The first kappa shape index (κ1) is 16.4. The summed E-state index contributed by atoms with van der Waals surface area (Å²) >= 11 is 0. The van der Waals surface area contributed by atoms with Gasteiger partial charge in [-0.2, -0.15) is 0 Å². The summed E-state index contributed by atoms with van der Waals surface area (Å²) < 4.78 is 44.6. The van der Waals surface area contributed by atoms with Gasteiger partial charge in [-0.05, 0) is 13.8 Å². The molecule has 128 valence electrons. The fourth-order valence-electron chi connectivity index (χ4n) is 2.80. The van der Waals surface area contributed by atoms with Gasteiger partial charge in [-0.15, -0.1) is 0 Å². The lowest BCUT2D eigenvalue weighted by Gasteiger charge is -2.30. The van der Waals surface area contributed by atoms with Crippen LogP contribution in [0.2, 0.25) is 0 Å². The Morgan fingerprint density at radius 1 is 1.26 bits per heavy atom. The number of nitrogens with zero attached hydrogens (tertiary/aromatic N) is 1. The summed E-state index contributed by atoms with van der Waals surface area (Å²) in [6.07, 6.45) is -0.267. The quantitative estimate of drug-likeness (QED) is 0.914. The topological polar surface area (TPSA) is 43.0 Å². The first-order valence-corrected chi connectivity index (χ1v) is 7.84. The van der Waals surface area contributed by atoms with Crippen molar-refractivity contribution in [3.63, 3.8) is 0 Å². The summed E-state index contributed by atoms with van der Waals surface area (Å²) in [5.74, 6) is -1.90. The molecule has 1 atom stereocenters. The fourth-order valence-corrected chi connectivity index (χ4v) is 2.80. The van der Waals surface area contributed by atoms with Crippen LogP contribution in [0.1, 0.15) is 13.8 Å². The summed E-state index contributed by atoms with van der Waals surface area (Å²) in [5.41, 5.74) is 0.367. The van der Waals surface area contributed by atoms with Crippen LogP contribution in [-0.4, -0.2) is 51.3 Å². The van der Waals surface area contributed by atoms with Gasteiger partial charge in [0.05, 0.1) is 12.3 Å². The third-order valence-corrected chi connectivity index (χ3v) is 3.95. The lowest BCUT2D eigenvalue weighted by molar-refractivity contribution is -0.141. The number of hydrogen-bond donors (Lipinski definition) is 1. The summed E-state index contributed by atoms with van der Waals surface area (Å²) in [6, 6.07) is 2.31. The van der Waals surface area contributed by atoms with Crippen LogP contribution >= 0.6 is 0 Å². The first-order valence-electron chi connectivity index (χ1n) is 7.84. The number of rotatable bonds is 4. The molecule has 0 radical (unpaired) electrons. The van der Waals surface area contributed by atoms with Gasteiger partial charge in [-0.3, -0.25) is 0 Å². The van der Waals surface area contributed by atoms with Gasteiger partial charge in [0, 0.05) is 38.3 Å². The Morgan fingerprint density at radius 2 is 2.00 bits per heavy atom. The maximum atomic E-state index is 14.1. The molecule has 2 fully saturated rings. The van der Waals surface area contributed by atoms with E-state index in [1.54, 1.807) is 0 Å². The van der Waals surface area contributed by atoms with E-state index >= 15 is 0 Å². The van der Waals surface area contributed by atoms with Crippen molar-refractivity contribution >= 4 is 5.69 Å². The Labute approximate surface area is 134 Å². The zero-order chi connectivity index (χ0) is 16.4. The van der Waals surface area contributed by atoms with E-state index in [2.05, 4.69) is 5.32 Å². The molecule has 0 unspecified atom stereocenters. The second kappa shape index (κ2) is 6.59. The average Bonchev–Trinajstić information content (AvgIpc) is 2.86. The van der Waals surface area contributed by atoms with E-state index in [-0.39, 0.29) is 18.5 Å². The molecule has 0 saturated carbocycles. The first-order chi connectivity index (χ1) is 10.9. The lowest BCUT2D eigenvalue weighted by atomic mass is 10.2. The summed E-state index contributed by atoms with van der Waals surface area (Å²) in [7, 11) is 0. The molecule has 1 aromatic rings. The number of benzene rings is 1. The molecule has 0 aliphatic carbocycles. The summed E-state index contributed by atoms with van der Waals surface area (Å²) in [5, 5.41) is 3.20. The molecular weight excluding hydrogens is 306 g/mol. The zero-order valence-electron chi connectivity index (χ0n) is 13.4. The lowest BCUT2D eigenvalue weighted by Crippen LogP contribution is -2.43. The van der Waals surface area contributed by atoms with Gasteiger partial charge in [0.15, 0.2) is 17.4 Å². The molecule has 1 N–H and O–H groups in total. The number of ether oxygens (including phenoxy) is 3. The molecule has 0 bridgehead atoms. The van der Waals surface area contributed by atoms with Crippen molar-refractivity contribution in [1.29, 1.82) is 0 Å². The largest absolute Gasteiger partial charge is 0.488 e. The van der Waals surface area contributed by atoms with E-state index in [0.717, 1.165) is 19.2 Å². The van der Waals surface area contributed by atoms with Gasteiger partial charge in [-0.1, -0.05) is 0 Å². The molecule has 23 heavy (non-hydrogen) atoms. The highest BCUT2D eigenvalue weighted by molar-refractivity contribution is 5.53. The smallest absolute Gasteiger partial charge is 0.168 e. The van der Waals surface area contributed by atoms with Crippen LogP contribution < -0.4 is 15.0 Å². The van der Waals surface area contributed by atoms with Crippen molar-refractivity contribution < 1.29 is 23.0 Å².